The number of methoxy groups -OCH3 is 1. The van der Waals surface area contributed by atoms with Crippen LogP contribution in [0.3, 0.4) is 0 Å². The molecule has 0 saturated carbocycles. The predicted octanol–water partition coefficient (Wildman–Crippen LogP) is 3.77. The summed E-state index contributed by atoms with van der Waals surface area (Å²) in [6.45, 7) is 6.90. The number of esters is 1. The van der Waals surface area contributed by atoms with Crippen LogP contribution in [0, 0.1) is 0 Å². The van der Waals surface area contributed by atoms with Gasteiger partial charge in [-0.1, -0.05) is 0 Å². The second-order valence-electron chi connectivity index (χ2n) is 6.58. The first-order valence-corrected chi connectivity index (χ1v) is 11.4. The van der Waals surface area contributed by atoms with Crippen LogP contribution in [0.5, 0.6) is 0 Å². The van der Waals surface area contributed by atoms with Crippen molar-refractivity contribution in [3.8, 4) is 0 Å². The third-order valence-corrected chi connectivity index (χ3v) is 7.14. The Morgan fingerprint density at radius 3 is 2.62 bits per heavy atom. The molecule has 0 aliphatic carbocycles. The van der Waals surface area contributed by atoms with Gasteiger partial charge in [-0.05, 0) is 0 Å². The van der Waals surface area contributed by atoms with Gasteiger partial charge >= 0.3 is 178 Å². The third kappa shape index (κ3) is 5.20. The van der Waals surface area contributed by atoms with Gasteiger partial charge in [0.05, 0.1) is 0 Å². The minimum atomic E-state index is -0.413. The standard InChI is InChI=1S/C24H26N2O2Se/c1-4-18(29-19-10-6-5-7-11-19)16-25-15-14-21-20-12-8-9-13-22(20)26-23(21)17(2)24(27)28-3/h5-13,16,25-26H,2,4,14-15H2,1,3H3/b18-16-. The molecule has 0 spiro atoms. The van der Waals surface area contributed by atoms with E-state index in [9.17, 15) is 4.79 Å². The molecule has 0 aliphatic rings. The Labute approximate surface area is 178 Å². The maximum absolute atomic E-state index is 12.0. The zero-order chi connectivity index (χ0) is 20.6. The molecule has 0 unspecified atom stereocenters. The first kappa shape index (κ1) is 21.0. The van der Waals surface area contributed by atoms with E-state index in [1.807, 2.05) is 24.3 Å². The van der Waals surface area contributed by atoms with Crippen LogP contribution in [0.4, 0.5) is 0 Å². The molecule has 0 atom stereocenters. The van der Waals surface area contributed by atoms with Crippen molar-refractivity contribution in [2.45, 2.75) is 19.8 Å². The van der Waals surface area contributed by atoms with E-state index >= 15 is 0 Å². The second-order valence-corrected chi connectivity index (χ2v) is 9.10. The van der Waals surface area contributed by atoms with Crippen LogP contribution in [0.1, 0.15) is 24.6 Å². The maximum atomic E-state index is 12.0. The van der Waals surface area contributed by atoms with Gasteiger partial charge in [-0.2, -0.15) is 0 Å². The number of allylic oxidation sites excluding steroid dienone is 1. The Balaban J connectivity index is 1.72. The fraction of sp³-hybridized carbons (Fsp3) is 0.208. The monoisotopic (exact) mass is 454 g/mol. The summed E-state index contributed by atoms with van der Waals surface area (Å²) >= 11 is 0.328. The first-order chi connectivity index (χ1) is 14.1. The normalized spacial score (nSPS) is 11.4. The van der Waals surface area contributed by atoms with Crippen LogP contribution < -0.4 is 9.78 Å². The van der Waals surface area contributed by atoms with E-state index in [-0.39, 0.29) is 0 Å². The molecular formula is C24H26N2O2Se. The van der Waals surface area contributed by atoms with Gasteiger partial charge in [0.15, 0.2) is 0 Å². The van der Waals surface area contributed by atoms with Crippen molar-refractivity contribution in [3.05, 3.63) is 83.1 Å². The molecule has 0 amide bonds. The zero-order valence-corrected chi connectivity index (χ0v) is 18.5. The SMILES string of the molecule is C=C(C(=O)OC)c1[nH]c2ccccc2c1CCN/C=C(/CC)[Se]c1ccccc1. The van der Waals surface area contributed by atoms with Crippen LogP contribution in [0.2, 0.25) is 0 Å². The van der Waals surface area contributed by atoms with Crippen molar-refractivity contribution in [1.29, 1.82) is 0 Å². The molecule has 4 nitrogen and oxygen atoms in total. The molecule has 3 rings (SSSR count). The van der Waals surface area contributed by atoms with E-state index in [4.69, 9.17) is 4.74 Å². The van der Waals surface area contributed by atoms with E-state index in [0.717, 1.165) is 41.5 Å². The topological polar surface area (TPSA) is 54.1 Å². The summed E-state index contributed by atoms with van der Waals surface area (Å²) < 4.78 is 7.66. The third-order valence-electron chi connectivity index (χ3n) is 4.67. The summed E-state index contributed by atoms with van der Waals surface area (Å²) in [5.74, 6) is -0.413. The quantitative estimate of drug-likeness (QED) is 0.225. The van der Waals surface area contributed by atoms with Crippen molar-refractivity contribution >= 4 is 41.9 Å². The summed E-state index contributed by atoms with van der Waals surface area (Å²) in [5, 5.41) is 4.58. The number of H-pyrrole nitrogens is 1. The van der Waals surface area contributed by atoms with Gasteiger partial charge < -0.3 is 0 Å². The molecule has 0 saturated heterocycles. The van der Waals surface area contributed by atoms with Crippen LogP contribution in [0.15, 0.2) is 71.8 Å². The molecule has 1 aromatic heterocycles. The van der Waals surface area contributed by atoms with Crippen molar-refractivity contribution in [1.82, 2.24) is 10.3 Å². The van der Waals surface area contributed by atoms with Crippen LogP contribution in [-0.2, 0) is 16.0 Å². The summed E-state index contributed by atoms with van der Waals surface area (Å²) in [5.41, 5.74) is 3.20. The van der Waals surface area contributed by atoms with Gasteiger partial charge in [-0.3, -0.25) is 0 Å². The van der Waals surface area contributed by atoms with Crippen molar-refractivity contribution in [2.75, 3.05) is 13.7 Å². The van der Waals surface area contributed by atoms with E-state index in [1.54, 1.807) is 0 Å². The Morgan fingerprint density at radius 2 is 1.90 bits per heavy atom. The number of nitrogens with one attached hydrogen (secondary N) is 2. The number of aromatic nitrogens is 1. The van der Waals surface area contributed by atoms with Crippen LogP contribution in [-0.4, -0.2) is 39.6 Å². The van der Waals surface area contributed by atoms with Crippen LogP contribution >= 0.6 is 0 Å². The van der Waals surface area contributed by atoms with Gasteiger partial charge in [0.1, 0.15) is 0 Å². The molecule has 150 valence electrons. The fourth-order valence-electron chi connectivity index (χ4n) is 3.17. The minimum absolute atomic E-state index is 0.328. The summed E-state index contributed by atoms with van der Waals surface area (Å²) in [6, 6.07) is 18.7. The number of ether oxygens (including phenoxy) is 1. The Morgan fingerprint density at radius 1 is 1.17 bits per heavy atom. The van der Waals surface area contributed by atoms with Gasteiger partial charge in [0.25, 0.3) is 0 Å². The molecule has 0 bridgehead atoms. The molecule has 29 heavy (non-hydrogen) atoms. The van der Waals surface area contributed by atoms with Gasteiger partial charge in [-0.25, -0.2) is 0 Å². The van der Waals surface area contributed by atoms with Crippen LogP contribution in [0.25, 0.3) is 16.5 Å². The number of hydrogen-bond donors (Lipinski definition) is 2. The molecule has 2 N–H and O–H groups in total. The number of carbonyl (C=O) groups is 1. The molecule has 3 aromatic rings. The van der Waals surface area contributed by atoms with Gasteiger partial charge in [0.2, 0.25) is 0 Å². The average Bonchev–Trinajstić information content (AvgIpc) is 3.14. The van der Waals surface area contributed by atoms with E-state index in [2.05, 4.69) is 60.3 Å². The molecule has 2 aromatic carbocycles. The van der Waals surface area contributed by atoms with Gasteiger partial charge in [-0.15, -0.1) is 0 Å². The van der Waals surface area contributed by atoms with Crippen molar-refractivity contribution < 1.29 is 9.53 Å². The summed E-state index contributed by atoms with van der Waals surface area (Å²) in [6.07, 6.45) is 3.96. The predicted molar refractivity (Wildman–Crippen MR) is 121 cm³/mol. The molecule has 0 radical (unpaired) electrons. The number of para-hydroxylation sites is 1. The van der Waals surface area contributed by atoms with E-state index in [0.29, 0.717) is 20.5 Å². The number of hydrogen-bond acceptors (Lipinski definition) is 3. The number of benzene rings is 2. The van der Waals surface area contributed by atoms with E-state index < -0.39 is 5.97 Å². The molecule has 1 heterocycles. The number of fused-ring (bicyclic) bond motifs is 1. The Hall–Kier alpha value is -2.75. The fourth-order valence-corrected chi connectivity index (χ4v) is 5.02. The molecule has 5 heteroatoms. The Kier molecular flexibility index (Phi) is 7.34. The second kappa shape index (κ2) is 10.1. The molecule has 0 aliphatic heterocycles. The Bertz CT molecular complexity index is 1020. The average molecular weight is 453 g/mol. The molecule has 0 fully saturated rings. The van der Waals surface area contributed by atoms with Crippen molar-refractivity contribution in [3.63, 3.8) is 0 Å². The first-order valence-electron chi connectivity index (χ1n) is 9.66. The van der Waals surface area contributed by atoms with Gasteiger partial charge in [0, 0.05) is 0 Å². The number of carbonyl (C=O) groups excluding carboxylic acids is 1. The molecular weight excluding hydrogens is 427 g/mol. The van der Waals surface area contributed by atoms with Crippen molar-refractivity contribution in [2.24, 2.45) is 0 Å². The summed E-state index contributed by atoms with van der Waals surface area (Å²) in [7, 11) is 1.38. The zero-order valence-electron chi connectivity index (χ0n) is 16.8. The van der Waals surface area contributed by atoms with E-state index in [1.165, 1.54) is 16.0 Å². The summed E-state index contributed by atoms with van der Waals surface area (Å²) in [4.78, 5) is 15.3. The number of rotatable bonds is 9. The number of aromatic amines is 1.